The molecule has 2 amide bonds. The Kier molecular flexibility index (Phi) is 8.96. The Morgan fingerprint density at radius 1 is 0.933 bits per heavy atom. The zero-order valence-corrected chi connectivity index (χ0v) is 17.5. The molecule has 30 heavy (non-hydrogen) atoms. The number of rotatable bonds is 9. The van der Waals surface area contributed by atoms with Gasteiger partial charge in [-0.3, -0.25) is 20.4 Å². The summed E-state index contributed by atoms with van der Waals surface area (Å²) >= 11 is 5.86. The third-order valence-electron chi connectivity index (χ3n) is 3.73. The van der Waals surface area contributed by atoms with E-state index in [1.165, 1.54) is 0 Å². The van der Waals surface area contributed by atoms with Crippen molar-refractivity contribution in [2.24, 2.45) is 0 Å². The number of aryl methyl sites for hydroxylation is 1. The van der Waals surface area contributed by atoms with Crippen LogP contribution in [0.4, 0.5) is 0 Å². The van der Waals surface area contributed by atoms with Crippen LogP contribution in [0.3, 0.4) is 0 Å². The van der Waals surface area contributed by atoms with Gasteiger partial charge >= 0.3 is 5.97 Å². The average Bonchev–Trinajstić information content (AvgIpc) is 2.74. The van der Waals surface area contributed by atoms with Crippen molar-refractivity contribution in [1.29, 1.82) is 0 Å². The highest BCUT2D eigenvalue weighted by atomic mass is 35.5. The lowest BCUT2D eigenvalue weighted by Crippen LogP contribution is -2.45. The summed E-state index contributed by atoms with van der Waals surface area (Å²) < 4.78 is 15.7. The summed E-state index contributed by atoms with van der Waals surface area (Å²) in [6.07, 6.45) is 0.742. The lowest BCUT2D eigenvalue weighted by Gasteiger charge is -2.11. The molecule has 0 aliphatic rings. The maximum absolute atomic E-state index is 11.8. The fourth-order valence-electron chi connectivity index (χ4n) is 2.24. The first kappa shape index (κ1) is 23.0. The Labute approximate surface area is 179 Å². The van der Waals surface area contributed by atoms with Crippen molar-refractivity contribution in [2.45, 2.75) is 20.3 Å². The summed E-state index contributed by atoms with van der Waals surface area (Å²) in [4.78, 5) is 35.3. The zero-order chi connectivity index (χ0) is 21.9. The molecular formula is C21H23ClN2O6. The number of carbonyl (C=O) groups is 3. The van der Waals surface area contributed by atoms with E-state index in [9.17, 15) is 14.4 Å². The van der Waals surface area contributed by atoms with E-state index in [0.29, 0.717) is 28.7 Å². The van der Waals surface area contributed by atoms with Gasteiger partial charge in [0.05, 0.1) is 12.2 Å². The first-order chi connectivity index (χ1) is 14.4. The van der Waals surface area contributed by atoms with Crippen molar-refractivity contribution in [3.05, 3.63) is 58.6 Å². The molecule has 0 heterocycles. The fraction of sp³-hybridized carbons (Fsp3) is 0.286. The van der Waals surface area contributed by atoms with Crippen molar-refractivity contribution >= 4 is 29.4 Å². The van der Waals surface area contributed by atoms with Crippen LogP contribution in [0.1, 0.15) is 29.3 Å². The second kappa shape index (κ2) is 11.7. The molecule has 0 saturated heterocycles. The molecule has 8 nitrogen and oxygen atoms in total. The van der Waals surface area contributed by atoms with Gasteiger partial charge in [0.1, 0.15) is 11.5 Å². The smallest absolute Gasteiger partial charge is 0.338 e. The van der Waals surface area contributed by atoms with E-state index in [-0.39, 0.29) is 13.2 Å². The molecule has 0 aromatic heterocycles. The Morgan fingerprint density at radius 3 is 2.17 bits per heavy atom. The van der Waals surface area contributed by atoms with E-state index in [2.05, 4.69) is 10.9 Å². The maximum Gasteiger partial charge on any atom is 0.338 e. The molecular weight excluding hydrogens is 412 g/mol. The number of amides is 2. The first-order valence-corrected chi connectivity index (χ1v) is 9.63. The number of carbonyl (C=O) groups excluding carboxylic acids is 3. The first-order valence-electron chi connectivity index (χ1n) is 9.25. The predicted molar refractivity (Wildman–Crippen MR) is 110 cm³/mol. The Bertz CT molecular complexity index is 886. The molecule has 2 rings (SSSR count). The highest BCUT2D eigenvalue weighted by Gasteiger charge is 2.09. The van der Waals surface area contributed by atoms with Crippen LogP contribution in [-0.4, -0.2) is 37.6 Å². The van der Waals surface area contributed by atoms with Crippen LogP contribution in [0.25, 0.3) is 0 Å². The quantitative estimate of drug-likeness (QED) is 0.464. The number of hydrogen-bond donors (Lipinski definition) is 2. The van der Waals surface area contributed by atoms with Gasteiger partial charge in [0.15, 0.2) is 13.2 Å². The minimum Gasteiger partial charge on any atom is -0.484 e. The van der Waals surface area contributed by atoms with E-state index in [4.69, 9.17) is 25.8 Å². The maximum atomic E-state index is 11.8. The van der Waals surface area contributed by atoms with Gasteiger partial charge in [0.25, 0.3) is 11.8 Å². The predicted octanol–water partition coefficient (Wildman–Crippen LogP) is 2.82. The van der Waals surface area contributed by atoms with Gasteiger partial charge in [0, 0.05) is 5.02 Å². The Morgan fingerprint density at radius 2 is 1.57 bits per heavy atom. The number of hydrogen-bond acceptors (Lipinski definition) is 6. The summed E-state index contributed by atoms with van der Waals surface area (Å²) in [6, 6.07) is 11.2. The van der Waals surface area contributed by atoms with Crippen molar-refractivity contribution in [2.75, 3.05) is 19.8 Å². The Hall–Kier alpha value is -3.26. The molecule has 0 fully saturated rings. The Balaban J connectivity index is 1.69. The molecule has 2 aromatic carbocycles. The summed E-state index contributed by atoms with van der Waals surface area (Å²) in [6.45, 7) is 3.47. The van der Waals surface area contributed by atoms with Gasteiger partial charge in [0.2, 0.25) is 0 Å². The van der Waals surface area contributed by atoms with Crippen LogP contribution in [0.5, 0.6) is 11.5 Å². The monoisotopic (exact) mass is 434 g/mol. The van der Waals surface area contributed by atoms with Crippen molar-refractivity contribution in [3.63, 3.8) is 0 Å². The van der Waals surface area contributed by atoms with Gasteiger partial charge < -0.3 is 14.2 Å². The van der Waals surface area contributed by atoms with Crippen LogP contribution in [-0.2, 0) is 14.3 Å². The average molecular weight is 435 g/mol. The summed E-state index contributed by atoms with van der Waals surface area (Å²) in [7, 11) is 0. The highest BCUT2D eigenvalue weighted by molar-refractivity contribution is 6.30. The van der Waals surface area contributed by atoms with Gasteiger partial charge in [-0.25, -0.2) is 4.79 Å². The zero-order valence-electron chi connectivity index (χ0n) is 16.7. The molecule has 2 N–H and O–H groups in total. The molecule has 0 atom stereocenters. The number of esters is 1. The fourth-order valence-corrected chi connectivity index (χ4v) is 2.47. The van der Waals surface area contributed by atoms with Gasteiger partial charge in [-0.05, 0) is 61.4 Å². The summed E-state index contributed by atoms with van der Waals surface area (Å²) in [5, 5.41) is 0.572. The van der Waals surface area contributed by atoms with E-state index >= 15 is 0 Å². The molecule has 9 heteroatoms. The molecule has 0 radical (unpaired) electrons. The van der Waals surface area contributed by atoms with E-state index in [0.717, 1.165) is 12.0 Å². The van der Waals surface area contributed by atoms with E-state index < -0.39 is 17.8 Å². The molecule has 0 aliphatic heterocycles. The molecule has 0 unspecified atom stereocenters. The summed E-state index contributed by atoms with van der Waals surface area (Å²) in [5.41, 5.74) is 5.64. The second-order valence-corrected chi connectivity index (χ2v) is 6.68. The second-order valence-electron chi connectivity index (χ2n) is 6.24. The standard InChI is InChI=1S/C21H23ClN2O6/c1-3-10-28-21(27)15-4-7-17(8-5-15)29-12-19(25)23-24-20(26)13-30-18-9-6-16(22)11-14(18)2/h4-9,11H,3,10,12-13H2,1-2H3,(H,23,25)(H,24,26). The molecule has 160 valence electrons. The molecule has 0 aliphatic carbocycles. The number of nitrogens with one attached hydrogen (secondary N) is 2. The SMILES string of the molecule is CCCOC(=O)c1ccc(OCC(=O)NNC(=O)COc2ccc(Cl)cc2C)cc1. The van der Waals surface area contributed by atoms with Crippen LogP contribution in [0.2, 0.25) is 5.02 Å². The topological polar surface area (TPSA) is 103 Å². The lowest BCUT2D eigenvalue weighted by molar-refractivity contribution is -0.131. The van der Waals surface area contributed by atoms with Crippen LogP contribution in [0, 0.1) is 6.92 Å². The van der Waals surface area contributed by atoms with Crippen molar-refractivity contribution in [1.82, 2.24) is 10.9 Å². The normalized spacial score (nSPS) is 10.1. The minimum atomic E-state index is -0.558. The number of benzene rings is 2. The third-order valence-corrected chi connectivity index (χ3v) is 3.97. The van der Waals surface area contributed by atoms with E-state index in [1.807, 2.05) is 6.92 Å². The third kappa shape index (κ3) is 7.63. The lowest BCUT2D eigenvalue weighted by atomic mass is 10.2. The highest BCUT2D eigenvalue weighted by Crippen LogP contribution is 2.21. The van der Waals surface area contributed by atoms with Crippen molar-refractivity contribution in [3.8, 4) is 11.5 Å². The summed E-state index contributed by atoms with van der Waals surface area (Å²) in [5.74, 6) is -0.596. The minimum absolute atomic E-state index is 0.279. The van der Waals surface area contributed by atoms with Crippen LogP contribution < -0.4 is 20.3 Å². The molecule has 0 spiro atoms. The molecule has 0 bridgehead atoms. The van der Waals surface area contributed by atoms with Crippen molar-refractivity contribution < 1.29 is 28.6 Å². The molecule has 2 aromatic rings. The van der Waals surface area contributed by atoms with Gasteiger partial charge in [-0.2, -0.15) is 0 Å². The number of halogens is 1. The number of ether oxygens (including phenoxy) is 3. The number of hydrazine groups is 1. The van der Waals surface area contributed by atoms with Gasteiger partial charge in [-0.1, -0.05) is 18.5 Å². The van der Waals surface area contributed by atoms with Gasteiger partial charge in [-0.15, -0.1) is 0 Å². The molecule has 0 saturated carbocycles. The van der Waals surface area contributed by atoms with E-state index in [1.54, 1.807) is 49.4 Å². The van der Waals surface area contributed by atoms with Crippen LogP contribution in [0.15, 0.2) is 42.5 Å². The van der Waals surface area contributed by atoms with Crippen LogP contribution >= 0.6 is 11.6 Å². The largest absolute Gasteiger partial charge is 0.484 e.